The number of carbonyl (C=O) groups excluding carboxylic acids is 1. The number of para-hydroxylation sites is 1. The number of amides is 1. The van der Waals surface area contributed by atoms with Gasteiger partial charge in [0.05, 0.1) is 13.2 Å². The molecule has 0 saturated carbocycles. The zero-order chi connectivity index (χ0) is 31.6. The minimum absolute atomic E-state index is 0.0693. The van der Waals surface area contributed by atoms with Crippen molar-refractivity contribution in [1.29, 1.82) is 0 Å². The van der Waals surface area contributed by atoms with Crippen molar-refractivity contribution in [2.75, 3.05) is 26.4 Å². The number of rotatable bonds is 14. The molecule has 0 spiro atoms. The second kappa shape index (κ2) is 15.6. The van der Waals surface area contributed by atoms with Gasteiger partial charge in [0.25, 0.3) is 5.91 Å². The van der Waals surface area contributed by atoms with Crippen molar-refractivity contribution in [2.45, 2.75) is 37.8 Å². The number of aliphatic imine (C=N–C) groups is 1. The van der Waals surface area contributed by atoms with Gasteiger partial charge >= 0.3 is 0 Å². The van der Waals surface area contributed by atoms with E-state index in [1.54, 1.807) is 0 Å². The third-order valence-corrected chi connectivity index (χ3v) is 9.08. The van der Waals surface area contributed by atoms with Crippen LogP contribution in [0.5, 0.6) is 11.5 Å². The highest BCUT2D eigenvalue weighted by Gasteiger charge is 2.54. The zero-order valence-electron chi connectivity index (χ0n) is 25.0. The lowest BCUT2D eigenvalue weighted by atomic mass is 9.82. The largest absolute Gasteiger partial charge is 0.494 e. The summed E-state index contributed by atoms with van der Waals surface area (Å²) in [5.41, 5.74) is 2.19. The molecular weight excluding hydrogens is 700 g/mol. The van der Waals surface area contributed by atoms with Crippen LogP contribution >= 0.6 is 31.9 Å². The highest BCUT2D eigenvalue weighted by Crippen LogP contribution is 2.45. The number of hydrogen-bond acceptors (Lipinski definition) is 6. The Morgan fingerprint density at radius 3 is 2.31 bits per heavy atom. The van der Waals surface area contributed by atoms with E-state index >= 15 is 0 Å². The van der Waals surface area contributed by atoms with Gasteiger partial charge < -0.3 is 24.6 Å². The van der Waals surface area contributed by atoms with Gasteiger partial charge in [0.15, 0.2) is 11.6 Å². The number of aliphatic hydroxyl groups is 1. The second-order valence-corrected chi connectivity index (χ2v) is 12.3. The first-order valence-electron chi connectivity index (χ1n) is 15.0. The number of carbonyl (C=O) groups is 1. The zero-order valence-corrected chi connectivity index (χ0v) is 28.2. The quantitative estimate of drug-likeness (QED) is 0.134. The Balaban J connectivity index is 1.52. The molecule has 1 aliphatic rings. The Hall–Kier alpha value is -3.66. The highest BCUT2D eigenvalue weighted by atomic mass is 79.9. The van der Waals surface area contributed by atoms with Gasteiger partial charge in [0.2, 0.25) is 5.90 Å². The van der Waals surface area contributed by atoms with E-state index in [1.807, 2.05) is 104 Å². The summed E-state index contributed by atoms with van der Waals surface area (Å²) in [7, 11) is 0. The summed E-state index contributed by atoms with van der Waals surface area (Å²) in [6, 6.07) is 31.0. The molecule has 4 aromatic carbocycles. The van der Waals surface area contributed by atoms with Gasteiger partial charge in [-0.25, -0.2) is 4.99 Å². The predicted octanol–water partition coefficient (Wildman–Crippen LogP) is 7.23. The van der Waals surface area contributed by atoms with Gasteiger partial charge in [-0.2, -0.15) is 0 Å². The molecule has 0 bridgehead atoms. The van der Waals surface area contributed by atoms with E-state index in [0.717, 1.165) is 36.9 Å². The molecule has 5 rings (SSSR count). The maximum Gasteiger partial charge on any atom is 0.252 e. The molecule has 1 aliphatic heterocycles. The summed E-state index contributed by atoms with van der Waals surface area (Å²) in [5.74, 6) is 1.64. The van der Waals surface area contributed by atoms with Crippen molar-refractivity contribution >= 4 is 43.7 Å². The van der Waals surface area contributed by atoms with Gasteiger partial charge in [0, 0.05) is 46.1 Å². The molecule has 9 heteroatoms. The fraction of sp³-hybridized carbons (Fsp3) is 0.278. The Morgan fingerprint density at radius 2 is 1.60 bits per heavy atom. The third kappa shape index (κ3) is 7.77. The predicted molar refractivity (Wildman–Crippen MR) is 183 cm³/mol. The van der Waals surface area contributed by atoms with Crippen molar-refractivity contribution in [1.82, 2.24) is 5.32 Å². The fourth-order valence-corrected chi connectivity index (χ4v) is 6.27. The lowest BCUT2D eigenvalue weighted by Crippen LogP contribution is -2.50. The van der Waals surface area contributed by atoms with E-state index in [2.05, 4.69) is 37.2 Å². The van der Waals surface area contributed by atoms with Crippen molar-refractivity contribution in [3.63, 3.8) is 0 Å². The number of ether oxygens (including phenoxy) is 3. The van der Waals surface area contributed by atoms with E-state index < -0.39 is 11.6 Å². The molecule has 1 heterocycles. The Bertz CT molecular complexity index is 1630. The molecule has 7 nitrogen and oxygen atoms in total. The first-order chi connectivity index (χ1) is 21.9. The number of nitrogens with one attached hydrogen (secondary N) is 1. The molecule has 2 atom stereocenters. The van der Waals surface area contributed by atoms with Crippen LogP contribution in [0.3, 0.4) is 0 Å². The second-order valence-electron chi connectivity index (χ2n) is 10.6. The monoisotopic (exact) mass is 734 g/mol. The van der Waals surface area contributed by atoms with Crippen molar-refractivity contribution in [2.24, 2.45) is 4.99 Å². The molecule has 0 saturated heterocycles. The van der Waals surface area contributed by atoms with Gasteiger partial charge in [-0.15, -0.1) is 0 Å². The van der Waals surface area contributed by atoms with Crippen LogP contribution in [0.4, 0.5) is 0 Å². The summed E-state index contributed by atoms with van der Waals surface area (Å²) in [6.07, 6.45) is 0.733. The third-order valence-electron chi connectivity index (χ3n) is 7.59. The normalized spacial score (nSPS) is 17.3. The molecule has 1 amide bonds. The van der Waals surface area contributed by atoms with Gasteiger partial charge in [-0.3, -0.25) is 4.79 Å². The first-order valence-corrected chi connectivity index (χ1v) is 16.6. The lowest BCUT2D eigenvalue weighted by molar-refractivity contribution is -0.128. The van der Waals surface area contributed by atoms with Crippen molar-refractivity contribution in [3.05, 3.63) is 128 Å². The summed E-state index contributed by atoms with van der Waals surface area (Å²) < 4.78 is 19.9. The van der Waals surface area contributed by atoms with Crippen LogP contribution in [0.1, 0.15) is 41.7 Å². The number of nitrogens with zero attached hydrogens (tertiary/aromatic N) is 1. The standard InChI is InChI=1S/C36H36Br2N2O5/c1-2-43-32-15-8-4-10-25(32)20-21-39-35(42)36(24-27-11-3-6-13-30(27)37)33(29-12-5-7-14-31(29)38)45-34(40-36)26-16-18-28(19-17-26)44-23-9-22-41/h3-8,10-19,33,41H,2,9,20-24H2,1H3,(H,39,42)/t33-,36-/m1/s1. The maximum atomic E-state index is 14.6. The fourth-order valence-electron chi connectivity index (χ4n) is 5.35. The van der Waals surface area contributed by atoms with E-state index in [4.69, 9.17) is 24.3 Å². The molecule has 45 heavy (non-hydrogen) atoms. The van der Waals surface area contributed by atoms with Gasteiger partial charge in [-0.1, -0.05) is 86.5 Å². The summed E-state index contributed by atoms with van der Waals surface area (Å²) in [5, 5.41) is 12.3. The number of halogens is 2. The van der Waals surface area contributed by atoms with E-state index in [0.29, 0.717) is 50.7 Å². The molecule has 2 N–H and O–H groups in total. The highest BCUT2D eigenvalue weighted by molar-refractivity contribution is 9.10. The van der Waals surface area contributed by atoms with Crippen molar-refractivity contribution in [3.8, 4) is 11.5 Å². The number of benzene rings is 4. The Morgan fingerprint density at radius 1 is 0.911 bits per heavy atom. The van der Waals surface area contributed by atoms with Crippen LogP contribution in [0.2, 0.25) is 0 Å². The lowest BCUT2D eigenvalue weighted by Gasteiger charge is -2.31. The first kappa shape index (κ1) is 32.7. The Labute approximate surface area is 280 Å². The smallest absolute Gasteiger partial charge is 0.252 e. The average Bonchev–Trinajstić information content (AvgIpc) is 3.44. The Kier molecular flexibility index (Phi) is 11.3. The van der Waals surface area contributed by atoms with Crippen LogP contribution in [0.15, 0.2) is 111 Å². The molecule has 0 aromatic heterocycles. The SMILES string of the molecule is CCOc1ccccc1CCNC(=O)[C@]1(Cc2ccccc2Br)N=C(c2ccc(OCCCO)cc2)O[C@@H]1c1ccccc1Br. The molecule has 0 unspecified atom stereocenters. The molecule has 0 radical (unpaired) electrons. The summed E-state index contributed by atoms with van der Waals surface area (Å²) in [4.78, 5) is 19.7. The number of aliphatic hydroxyl groups excluding tert-OH is 1. The van der Waals surface area contributed by atoms with Gasteiger partial charge in [0.1, 0.15) is 11.5 Å². The molecule has 0 aliphatic carbocycles. The van der Waals surface area contributed by atoms with E-state index in [1.165, 1.54) is 0 Å². The topological polar surface area (TPSA) is 89.4 Å². The van der Waals surface area contributed by atoms with E-state index in [-0.39, 0.29) is 12.5 Å². The maximum absolute atomic E-state index is 14.6. The van der Waals surface area contributed by atoms with Crippen LogP contribution < -0.4 is 14.8 Å². The van der Waals surface area contributed by atoms with E-state index in [9.17, 15) is 4.79 Å². The van der Waals surface area contributed by atoms with Crippen LogP contribution in [0.25, 0.3) is 0 Å². The number of hydrogen-bond donors (Lipinski definition) is 2. The molecule has 4 aromatic rings. The average molecular weight is 737 g/mol. The minimum atomic E-state index is -1.32. The van der Waals surface area contributed by atoms with Gasteiger partial charge in [-0.05, 0) is 66.9 Å². The van der Waals surface area contributed by atoms with Crippen molar-refractivity contribution < 1.29 is 24.1 Å². The van der Waals surface area contributed by atoms with Crippen LogP contribution in [-0.2, 0) is 22.4 Å². The van der Waals surface area contributed by atoms with Crippen LogP contribution in [0, 0.1) is 0 Å². The summed E-state index contributed by atoms with van der Waals surface area (Å²) >= 11 is 7.40. The summed E-state index contributed by atoms with van der Waals surface area (Å²) in [6.45, 7) is 3.41. The molecule has 234 valence electrons. The molecule has 0 fully saturated rings. The van der Waals surface area contributed by atoms with Crippen LogP contribution in [-0.4, -0.2) is 48.8 Å². The molecular formula is C36H36Br2N2O5. The minimum Gasteiger partial charge on any atom is -0.494 e.